The number of benzene rings is 1. The summed E-state index contributed by atoms with van der Waals surface area (Å²) in [6.07, 6.45) is 2.64. The van der Waals surface area contributed by atoms with Crippen LogP contribution in [0.1, 0.15) is 18.2 Å². The van der Waals surface area contributed by atoms with Crippen LogP contribution < -0.4 is 5.56 Å². The maximum atomic E-state index is 12.4. The summed E-state index contributed by atoms with van der Waals surface area (Å²) in [7, 11) is 0. The van der Waals surface area contributed by atoms with Crippen molar-refractivity contribution in [3.05, 3.63) is 69.0 Å². The number of hydrogen-bond acceptors (Lipinski definition) is 5. The van der Waals surface area contributed by atoms with Gasteiger partial charge in [0.05, 0.1) is 24.0 Å². The molecule has 1 aromatic carbocycles. The summed E-state index contributed by atoms with van der Waals surface area (Å²) < 4.78 is 1.62. The Bertz CT molecular complexity index is 1040. The van der Waals surface area contributed by atoms with Crippen LogP contribution >= 0.6 is 22.7 Å². The third-order valence-electron chi connectivity index (χ3n) is 3.94. The molecule has 0 unspecified atom stereocenters. The fourth-order valence-corrected chi connectivity index (χ4v) is 4.12. The molecule has 0 saturated carbocycles. The van der Waals surface area contributed by atoms with Gasteiger partial charge in [-0.1, -0.05) is 31.2 Å². The quantitative estimate of drug-likeness (QED) is 0.553. The second-order valence-corrected chi connectivity index (χ2v) is 7.26. The van der Waals surface area contributed by atoms with E-state index in [1.807, 2.05) is 16.8 Å². The Hall–Kier alpha value is -2.31. The van der Waals surface area contributed by atoms with Gasteiger partial charge in [-0.3, -0.25) is 9.36 Å². The second-order valence-electron chi connectivity index (χ2n) is 5.51. The number of fused-ring (bicyclic) bond motifs is 1. The van der Waals surface area contributed by atoms with Crippen molar-refractivity contribution >= 4 is 32.9 Å². The average molecular weight is 353 g/mol. The molecule has 6 heteroatoms. The third kappa shape index (κ3) is 2.79. The smallest absolute Gasteiger partial charge is 0.262 e. The molecule has 120 valence electrons. The Balaban J connectivity index is 1.62. The minimum Gasteiger partial charge on any atom is -0.293 e. The first-order chi connectivity index (χ1) is 11.7. The maximum absolute atomic E-state index is 12.4. The first kappa shape index (κ1) is 15.2. The Morgan fingerprint density at radius 1 is 1.12 bits per heavy atom. The van der Waals surface area contributed by atoms with Crippen molar-refractivity contribution in [3.63, 3.8) is 0 Å². The van der Waals surface area contributed by atoms with E-state index in [4.69, 9.17) is 0 Å². The first-order valence-electron chi connectivity index (χ1n) is 7.71. The highest BCUT2D eigenvalue weighted by atomic mass is 32.1. The van der Waals surface area contributed by atoms with Crippen LogP contribution in [0.15, 0.2) is 52.2 Å². The lowest BCUT2D eigenvalue weighted by molar-refractivity contribution is 0.735. The highest BCUT2D eigenvalue weighted by Gasteiger charge is 2.09. The summed E-state index contributed by atoms with van der Waals surface area (Å²) in [5, 5.41) is 5.55. The number of thiophene rings is 1. The number of hydrogen-bond donors (Lipinski definition) is 0. The molecule has 0 N–H and O–H groups in total. The van der Waals surface area contributed by atoms with Crippen molar-refractivity contribution in [1.82, 2.24) is 14.5 Å². The molecule has 0 bridgehead atoms. The van der Waals surface area contributed by atoms with Crippen molar-refractivity contribution < 1.29 is 0 Å². The Morgan fingerprint density at radius 3 is 2.75 bits per heavy atom. The van der Waals surface area contributed by atoms with Gasteiger partial charge >= 0.3 is 0 Å². The molecule has 0 atom stereocenters. The van der Waals surface area contributed by atoms with Crippen LogP contribution in [0.4, 0.5) is 0 Å². The third-order valence-corrected chi connectivity index (χ3v) is 5.70. The Labute approximate surface area is 147 Å². The number of aromatic nitrogens is 3. The van der Waals surface area contributed by atoms with E-state index >= 15 is 0 Å². The SMILES string of the molecule is CCc1ccc(-c2nc(Cn3cnc4sccc4c3=O)cs2)cc1. The van der Waals surface area contributed by atoms with Crippen LogP contribution in [0.25, 0.3) is 20.8 Å². The van der Waals surface area contributed by atoms with E-state index in [0.717, 1.165) is 27.5 Å². The second kappa shape index (κ2) is 6.30. The lowest BCUT2D eigenvalue weighted by Crippen LogP contribution is -2.20. The average Bonchev–Trinajstić information content (AvgIpc) is 3.27. The van der Waals surface area contributed by atoms with Crippen LogP contribution in [0.2, 0.25) is 0 Å². The van der Waals surface area contributed by atoms with Crippen LogP contribution in [0.3, 0.4) is 0 Å². The number of thiazole rings is 1. The van der Waals surface area contributed by atoms with Gasteiger partial charge in [0.25, 0.3) is 5.56 Å². The lowest BCUT2D eigenvalue weighted by Gasteiger charge is -2.02. The molecule has 0 fully saturated rings. The van der Waals surface area contributed by atoms with Crippen molar-refractivity contribution in [2.45, 2.75) is 19.9 Å². The van der Waals surface area contributed by atoms with E-state index in [0.29, 0.717) is 11.9 Å². The van der Waals surface area contributed by atoms with E-state index in [9.17, 15) is 4.79 Å². The maximum Gasteiger partial charge on any atom is 0.262 e. The number of nitrogens with zero attached hydrogens (tertiary/aromatic N) is 3. The normalized spacial score (nSPS) is 11.2. The summed E-state index contributed by atoms with van der Waals surface area (Å²) in [6.45, 7) is 2.59. The number of aryl methyl sites for hydroxylation is 1. The van der Waals surface area contributed by atoms with Crippen molar-refractivity contribution in [3.8, 4) is 10.6 Å². The molecule has 0 amide bonds. The molecule has 0 spiro atoms. The van der Waals surface area contributed by atoms with Crippen molar-refractivity contribution in [2.75, 3.05) is 0 Å². The van der Waals surface area contributed by atoms with Gasteiger partial charge in [-0.2, -0.15) is 0 Å². The highest BCUT2D eigenvalue weighted by Crippen LogP contribution is 2.24. The molecule has 4 rings (SSSR count). The summed E-state index contributed by atoms with van der Waals surface area (Å²) in [5.41, 5.74) is 3.30. The monoisotopic (exact) mass is 353 g/mol. The van der Waals surface area contributed by atoms with Crippen LogP contribution in [-0.2, 0) is 13.0 Å². The van der Waals surface area contributed by atoms with E-state index in [2.05, 4.69) is 41.2 Å². The summed E-state index contributed by atoms with van der Waals surface area (Å²) in [5.74, 6) is 0. The van der Waals surface area contributed by atoms with E-state index in [-0.39, 0.29) is 5.56 Å². The summed E-state index contributed by atoms with van der Waals surface area (Å²) >= 11 is 3.08. The zero-order chi connectivity index (χ0) is 16.5. The molecule has 0 aliphatic heterocycles. The van der Waals surface area contributed by atoms with Crippen molar-refractivity contribution in [1.29, 1.82) is 0 Å². The van der Waals surface area contributed by atoms with Gasteiger partial charge in [-0.15, -0.1) is 22.7 Å². The Kier molecular flexibility index (Phi) is 4.00. The number of rotatable bonds is 4. The molecule has 3 heterocycles. The zero-order valence-electron chi connectivity index (χ0n) is 13.1. The Morgan fingerprint density at radius 2 is 1.96 bits per heavy atom. The summed E-state index contributed by atoms with van der Waals surface area (Å²) in [4.78, 5) is 22.2. The first-order valence-corrected chi connectivity index (χ1v) is 9.47. The highest BCUT2D eigenvalue weighted by molar-refractivity contribution is 7.16. The minimum absolute atomic E-state index is 0.0110. The van der Waals surface area contributed by atoms with Gasteiger partial charge in [0.15, 0.2) is 0 Å². The molecule has 0 saturated heterocycles. The van der Waals surface area contributed by atoms with Gasteiger partial charge in [0.2, 0.25) is 0 Å². The van der Waals surface area contributed by atoms with E-state index in [1.165, 1.54) is 16.9 Å². The van der Waals surface area contributed by atoms with Gasteiger partial charge in [0.1, 0.15) is 9.84 Å². The minimum atomic E-state index is -0.0110. The topological polar surface area (TPSA) is 47.8 Å². The molecular weight excluding hydrogens is 338 g/mol. The molecule has 0 radical (unpaired) electrons. The van der Waals surface area contributed by atoms with Crippen LogP contribution in [0.5, 0.6) is 0 Å². The summed E-state index contributed by atoms with van der Waals surface area (Å²) in [6, 6.07) is 10.3. The van der Waals surface area contributed by atoms with E-state index < -0.39 is 0 Å². The predicted molar refractivity (Wildman–Crippen MR) is 99.9 cm³/mol. The molecule has 3 aromatic heterocycles. The van der Waals surface area contributed by atoms with Gasteiger partial charge < -0.3 is 0 Å². The van der Waals surface area contributed by atoms with Crippen LogP contribution in [-0.4, -0.2) is 14.5 Å². The van der Waals surface area contributed by atoms with Gasteiger partial charge in [-0.05, 0) is 23.4 Å². The molecular formula is C18H15N3OS2. The lowest BCUT2D eigenvalue weighted by atomic mass is 10.1. The standard InChI is InChI=1S/C18H15N3OS2/c1-2-12-3-5-13(6-4-12)16-20-14(10-24-16)9-21-11-19-17-15(18(21)22)7-8-23-17/h3-8,10-11H,2,9H2,1H3. The van der Waals surface area contributed by atoms with Gasteiger partial charge in [0, 0.05) is 10.9 Å². The van der Waals surface area contributed by atoms with Gasteiger partial charge in [-0.25, -0.2) is 9.97 Å². The molecule has 4 nitrogen and oxygen atoms in total. The molecule has 4 aromatic rings. The molecule has 24 heavy (non-hydrogen) atoms. The zero-order valence-corrected chi connectivity index (χ0v) is 14.7. The van der Waals surface area contributed by atoms with Crippen LogP contribution in [0, 0.1) is 0 Å². The fraction of sp³-hybridized carbons (Fsp3) is 0.167. The largest absolute Gasteiger partial charge is 0.293 e. The van der Waals surface area contributed by atoms with E-state index in [1.54, 1.807) is 22.2 Å². The predicted octanol–water partition coefficient (Wildman–Crippen LogP) is 4.19. The molecule has 0 aliphatic carbocycles. The van der Waals surface area contributed by atoms with Crippen molar-refractivity contribution in [2.24, 2.45) is 0 Å². The fourth-order valence-electron chi connectivity index (χ4n) is 2.58. The molecule has 0 aliphatic rings.